The zero-order valence-corrected chi connectivity index (χ0v) is 15.5. The van der Waals surface area contributed by atoms with Gasteiger partial charge in [-0.15, -0.1) is 12.4 Å². The molecule has 1 saturated heterocycles. The maximum absolute atomic E-state index is 12.0. The molecule has 134 valence electrons. The molecular formula is C18H28ClN3O2. The summed E-state index contributed by atoms with van der Waals surface area (Å²) in [5.41, 5.74) is 1.05. The van der Waals surface area contributed by atoms with E-state index in [2.05, 4.69) is 16.0 Å². The second kappa shape index (κ2) is 9.04. The molecule has 1 aliphatic rings. The van der Waals surface area contributed by atoms with Crippen LogP contribution < -0.4 is 16.0 Å². The fourth-order valence-electron chi connectivity index (χ4n) is 2.65. The number of hydrogen-bond donors (Lipinski definition) is 3. The van der Waals surface area contributed by atoms with Gasteiger partial charge in [0, 0.05) is 29.3 Å². The van der Waals surface area contributed by atoms with Crippen LogP contribution in [0.15, 0.2) is 24.3 Å². The van der Waals surface area contributed by atoms with E-state index in [-0.39, 0.29) is 29.8 Å². The van der Waals surface area contributed by atoms with Crippen molar-refractivity contribution in [3.05, 3.63) is 29.8 Å². The van der Waals surface area contributed by atoms with E-state index in [1.165, 1.54) is 6.42 Å². The Bertz CT molecular complexity index is 546. The van der Waals surface area contributed by atoms with Crippen molar-refractivity contribution in [3.8, 4) is 0 Å². The third kappa shape index (κ3) is 6.89. The van der Waals surface area contributed by atoms with E-state index in [1.54, 1.807) is 24.3 Å². The van der Waals surface area contributed by atoms with E-state index in [0.717, 1.165) is 25.1 Å². The van der Waals surface area contributed by atoms with Crippen molar-refractivity contribution in [3.63, 3.8) is 0 Å². The van der Waals surface area contributed by atoms with Crippen LogP contribution in [-0.2, 0) is 4.79 Å². The molecule has 1 unspecified atom stereocenters. The molecule has 0 bridgehead atoms. The van der Waals surface area contributed by atoms with Crippen LogP contribution in [0.5, 0.6) is 0 Å². The number of rotatable bonds is 5. The lowest BCUT2D eigenvalue weighted by Gasteiger charge is -2.20. The lowest BCUT2D eigenvalue weighted by Crippen LogP contribution is -2.40. The molecule has 6 heteroatoms. The number of carbonyl (C=O) groups is 2. The molecule has 2 amide bonds. The second-order valence-electron chi connectivity index (χ2n) is 7.16. The molecule has 0 saturated carbocycles. The Balaban J connectivity index is 0.00000288. The van der Waals surface area contributed by atoms with Gasteiger partial charge in [-0.3, -0.25) is 9.59 Å². The molecule has 1 atom stereocenters. The molecule has 1 aromatic rings. The van der Waals surface area contributed by atoms with Crippen LogP contribution in [0.4, 0.5) is 5.69 Å². The number of hydrogen-bond acceptors (Lipinski definition) is 3. The Kier molecular flexibility index (Phi) is 7.70. The van der Waals surface area contributed by atoms with Gasteiger partial charge in [0.05, 0.1) is 0 Å². The number of carbonyl (C=O) groups excluding carboxylic acids is 2. The minimum atomic E-state index is -0.266. The standard InChI is InChI=1S/C18H27N3O2.ClH/c1-18(2,3)21-17(23)13-6-8-15(9-7-13)20-16(22)11-10-14-5-4-12-19-14;/h6-9,14,19H,4-5,10-12H2,1-3H3,(H,20,22)(H,21,23);1H. The first kappa shape index (κ1) is 20.5. The number of anilines is 1. The monoisotopic (exact) mass is 353 g/mol. The van der Waals surface area contributed by atoms with Crippen molar-refractivity contribution in [2.24, 2.45) is 0 Å². The van der Waals surface area contributed by atoms with Crippen LogP contribution in [0.3, 0.4) is 0 Å². The molecule has 0 aliphatic carbocycles. The van der Waals surface area contributed by atoms with Gasteiger partial charge >= 0.3 is 0 Å². The predicted octanol–water partition coefficient (Wildman–Crippen LogP) is 3.11. The normalized spacial score (nSPS) is 17.0. The summed E-state index contributed by atoms with van der Waals surface area (Å²) >= 11 is 0. The highest BCUT2D eigenvalue weighted by Gasteiger charge is 2.16. The summed E-state index contributed by atoms with van der Waals surface area (Å²) in [4.78, 5) is 24.0. The van der Waals surface area contributed by atoms with Gasteiger partial charge in [-0.1, -0.05) is 0 Å². The summed E-state index contributed by atoms with van der Waals surface area (Å²) in [6.45, 7) is 6.89. The number of amides is 2. The summed E-state index contributed by atoms with van der Waals surface area (Å²) in [5.74, 6) is -0.0896. The molecule has 0 aromatic heterocycles. The molecule has 5 nitrogen and oxygen atoms in total. The fourth-order valence-corrected chi connectivity index (χ4v) is 2.65. The van der Waals surface area contributed by atoms with Crippen LogP contribution in [0, 0.1) is 0 Å². The Morgan fingerprint density at radius 1 is 1.21 bits per heavy atom. The number of benzene rings is 1. The zero-order valence-electron chi connectivity index (χ0n) is 14.6. The van der Waals surface area contributed by atoms with Crippen molar-refractivity contribution in [1.29, 1.82) is 0 Å². The third-order valence-corrected chi connectivity index (χ3v) is 3.80. The SMILES string of the molecule is CC(C)(C)NC(=O)c1ccc(NC(=O)CCC2CCCN2)cc1.Cl. The molecule has 1 heterocycles. The van der Waals surface area contributed by atoms with Gasteiger partial charge < -0.3 is 16.0 Å². The van der Waals surface area contributed by atoms with Gasteiger partial charge in [0.25, 0.3) is 5.91 Å². The summed E-state index contributed by atoms with van der Waals surface area (Å²) in [6, 6.07) is 7.47. The van der Waals surface area contributed by atoms with Crippen molar-refractivity contribution < 1.29 is 9.59 Å². The van der Waals surface area contributed by atoms with Gasteiger partial charge in [-0.2, -0.15) is 0 Å². The van der Waals surface area contributed by atoms with Gasteiger partial charge in [-0.05, 0) is 70.8 Å². The zero-order chi connectivity index (χ0) is 16.9. The van der Waals surface area contributed by atoms with Crippen molar-refractivity contribution >= 4 is 29.9 Å². The summed E-state index contributed by atoms with van der Waals surface area (Å²) in [6.07, 6.45) is 3.75. The lowest BCUT2D eigenvalue weighted by atomic mass is 10.1. The highest BCUT2D eigenvalue weighted by atomic mass is 35.5. The minimum absolute atomic E-state index is 0. The smallest absolute Gasteiger partial charge is 0.251 e. The molecule has 0 spiro atoms. The number of halogens is 1. The topological polar surface area (TPSA) is 70.2 Å². The predicted molar refractivity (Wildman–Crippen MR) is 99.8 cm³/mol. The Hall–Kier alpha value is -1.59. The quantitative estimate of drug-likeness (QED) is 0.761. The molecule has 1 fully saturated rings. The van der Waals surface area contributed by atoms with E-state index in [1.807, 2.05) is 20.8 Å². The summed E-state index contributed by atoms with van der Waals surface area (Å²) in [5, 5.41) is 9.19. The molecule has 2 rings (SSSR count). The largest absolute Gasteiger partial charge is 0.347 e. The summed E-state index contributed by atoms with van der Waals surface area (Å²) < 4.78 is 0. The van der Waals surface area contributed by atoms with Crippen LogP contribution in [0.25, 0.3) is 0 Å². The van der Waals surface area contributed by atoms with Gasteiger partial charge in [0.2, 0.25) is 5.91 Å². The molecule has 3 N–H and O–H groups in total. The van der Waals surface area contributed by atoms with Gasteiger partial charge in [0.1, 0.15) is 0 Å². The van der Waals surface area contributed by atoms with E-state index in [9.17, 15) is 9.59 Å². The van der Waals surface area contributed by atoms with Crippen molar-refractivity contribution in [2.45, 2.75) is 58.0 Å². The second-order valence-corrected chi connectivity index (χ2v) is 7.16. The highest BCUT2D eigenvalue weighted by Crippen LogP contribution is 2.14. The van der Waals surface area contributed by atoms with E-state index < -0.39 is 0 Å². The van der Waals surface area contributed by atoms with E-state index >= 15 is 0 Å². The lowest BCUT2D eigenvalue weighted by molar-refractivity contribution is -0.116. The van der Waals surface area contributed by atoms with Crippen LogP contribution in [0.2, 0.25) is 0 Å². The molecular weight excluding hydrogens is 326 g/mol. The van der Waals surface area contributed by atoms with Crippen molar-refractivity contribution in [1.82, 2.24) is 10.6 Å². The third-order valence-electron chi connectivity index (χ3n) is 3.80. The Morgan fingerprint density at radius 2 is 1.88 bits per heavy atom. The Labute approximate surface area is 150 Å². The van der Waals surface area contributed by atoms with E-state index in [0.29, 0.717) is 18.0 Å². The van der Waals surface area contributed by atoms with Crippen LogP contribution >= 0.6 is 12.4 Å². The van der Waals surface area contributed by atoms with Crippen LogP contribution in [0.1, 0.15) is 56.8 Å². The first-order chi connectivity index (χ1) is 10.8. The minimum Gasteiger partial charge on any atom is -0.347 e. The molecule has 1 aromatic carbocycles. The molecule has 1 aliphatic heterocycles. The van der Waals surface area contributed by atoms with Gasteiger partial charge in [0.15, 0.2) is 0 Å². The van der Waals surface area contributed by atoms with E-state index in [4.69, 9.17) is 0 Å². The average Bonchev–Trinajstić information content (AvgIpc) is 2.97. The average molecular weight is 354 g/mol. The van der Waals surface area contributed by atoms with Crippen molar-refractivity contribution in [2.75, 3.05) is 11.9 Å². The fraction of sp³-hybridized carbons (Fsp3) is 0.556. The summed E-state index contributed by atoms with van der Waals surface area (Å²) in [7, 11) is 0. The Morgan fingerprint density at radius 3 is 2.42 bits per heavy atom. The maximum Gasteiger partial charge on any atom is 0.251 e. The maximum atomic E-state index is 12.0. The first-order valence-electron chi connectivity index (χ1n) is 8.29. The molecule has 0 radical (unpaired) electrons. The number of nitrogens with one attached hydrogen (secondary N) is 3. The van der Waals surface area contributed by atoms with Crippen LogP contribution in [-0.4, -0.2) is 29.9 Å². The molecule has 24 heavy (non-hydrogen) atoms. The van der Waals surface area contributed by atoms with Gasteiger partial charge in [-0.25, -0.2) is 0 Å². The first-order valence-corrected chi connectivity index (χ1v) is 8.29. The highest BCUT2D eigenvalue weighted by molar-refractivity contribution is 5.96.